The predicted molar refractivity (Wildman–Crippen MR) is 75.9 cm³/mol. The number of rotatable bonds is 6. The monoisotopic (exact) mass is 301 g/mol. The first-order valence-corrected chi connectivity index (χ1v) is 6.67. The lowest BCUT2D eigenvalue weighted by molar-refractivity contribution is -0.117. The van der Waals surface area contributed by atoms with Gasteiger partial charge in [0, 0.05) is 20.1 Å². The quantitative estimate of drug-likeness (QED) is 0.813. The fourth-order valence-corrected chi connectivity index (χ4v) is 1.84. The zero-order chi connectivity index (χ0) is 15.3. The molecule has 0 spiro atoms. The molecule has 1 amide bonds. The van der Waals surface area contributed by atoms with Gasteiger partial charge in [-0.15, -0.1) is 0 Å². The molecule has 0 bridgehead atoms. The maximum atomic E-state index is 12.2. The van der Waals surface area contributed by atoms with Crippen molar-refractivity contribution in [1.29, 1.82) is 0 Å². The average molecular weight is 302 g/mol. The van der Waals surface area contributed by atoms with E-state index < -0.39 is 6.29 Å². The van der Waals surface area contributed by atoms with Crippen LogP contribution in [0.15, 0.2) is 6.20 Å². The summed E-state index contributed by atoms with van der Waals surface area (Å²) in [5, 5.41) is 2.95. The van der Waals surface area contributed by atoms with Crippen molar-refractivity contribution in [1.82, 2.24) is 15.3 Å². The largest absolute Gasteiger partial charge is 0.354 e. The minimum atomic E-state index is -0.538. The molecule has 20 heavy (non-hydrogen) atoms. The highest BCUT2D eigenvalue weighted by Crippen LogP contribution is 2.16. The summed E-state index contributed by atoms with van der Waals surface area (Å²) in [4.78, 5) is 20.5. The minimum absolute atomic E-state index is 0.113. The van der Waals surface area contributed by atoms with Crippen LogP contribution >= 0.6 is 11.6 Å². The number of amides is 1. The van der Waals surface area contributed by atoms with Crippen molar-refractivity contribution in [3.63, 3.8) is 0 Å². The molecule has 7 heteroatoms. The molecule has 1 rings (SSSR count). The van der Waals surface area contributed by atoms with Gasteiger partial charge in [0.05, 0.1) is 17.3 Å². The van der Waals surface area contributed by atoms with Crippen LogP contribution in [0.1, 0.15) is 43.0 Å². The zero-order valence-electron chi connectivity index (χ0n) is 12.3. The van der Waals surface area contributed by atoms with Crippen molar-refractivity contribution in [2.45, 2.75) is 39.0 Å². The third-order valence-corrected chi connectivity index (χ3v) is 3.00. The van der Waals surface area contributed by atoms with Gasteiger partial charge in [0.2, 0.25) is 0 Å². The minimum Gasteiger partial charge on any atom is -0.354 e. The Morgan fingerprint density at radius 3 is 2.40 bits per heavy atom. The molecule has 1 heterocycles. The lowest BCUT2D eigenvalue weighted by atomic mass is 10.2. The highest BCUT2D eigenvalue weighted by molar-refractivity contribution is 6.33. The lowest BCUT2D eigenvalue weighted by Gasteiger charge is -2.22. The Kier molecular flexibility index (Phi) is 6.32. The van der Waals surface area contributed by atoms with E-state index in [1.165, 1.54) is 20.4 Å². The van der Waals surface area contributed by atoms with E-state index in [4.69, 9.17) is 21.1 Å². The van der Waals surface area contributed by atoms with Crippen LogP contribution in [-0.4, -0.2) is 42.4 Å². The van der Waals surface area contributed by atoms with Crippen LogP contribution in [0, 0.1) is 0 Å². The summed E-state index contributed by atoms with van der Waals surface area (Å²) in [7, 11) is 3.01. The van der Waals surface area contributed by atoms with Gasteiger partial charge in [-0.3, -0.25) is 4.79 Å². The Bertz CT molecular complexity index is 464. The number of hydrogen-bond acceptors (Lipinski definition) is 5. The van der Waals surface area contributed by atoms with Crippen LogP contribution in [0.3, 0.4) is 0 Å². The fraction of sp³-hybridized carbons (Fsp3) is 0.615. The van der Waals surface area contributed by atoms with E-state index in [1.807, 2.05) is 13.8 Å². The first-order valence-electron chi connectivity index (χ1n) is 6.29. The number of methoxy groups -OCH3 is 2. The molecule has 1 atom stereocenters. The molecular formula is C13H20ClN3O3. The molecule has 6 nitrogen and oxygen atoms in total. The third-order valence-electron chi connectivity index (χ3n) is 2.73. The zero-order valence-corrected chi connectivity index (χ0v) is 13.1. The van der Waals surface area contributed by atoms with E-state index in [1.54, 1.807) is 6.92 Å². The summed E-state index contributed by atoms with van der Waals surface area (Å²) in [6.07, 6.45) is 0.900. The first kappa shape index (κ1) is 16.8. The Morgan fingerprint density at radius 1 is 1.30 bits per heavy atom. The number of carbonyl (C=O) groups is 1. The van der Waals surface area contributed by atoms with Gasteiger partial charge in [0.15, 0.2) is 6.29 Å². The molecule has 0 radical (unpaired) electrons. The van der Waals surface area contributed by atoms with Gasteiger partial charge in [0.25, 0.3) is 5.91 Å². The average Bonchev–Trinajstić information content (AvgIpc) is 2.40. The molecule has 1 N–H and O–H groups in total. The number of halogens is 1. The molecule has 0 aliphatic rings. The van der Waals surface area contributed by atoms with Crippen molar-refractivity contribution in [2.75, 3.05) is 14.2 Å². The van der Waals surface area contributed by atoms with Gasteiger partial charge in [-0.2, -0.15) is 0 Å². The highest BCUT2D eigenvalue weighted by Gasteiger charge is 2.22. The van der Waals surface area contributed by atoms with Crippen LogP contribution in [0.2, 0.25) is 5.02 Å². The lowest BCUT2D eigenvalue weighted by Crippen LogP contribution is -2.43. The second-order valence-electron chi connectivity index (χ2n) is 4.68. The third kappa shape index (κ3) is 4.13. The van der Waals surface area contributed by atoms with E-state index in [-0.39, 0.29) is 28.6 Å². The van der Waals surface area contributed by atoms with Crippen LogP contribution in [0.25, 0.3) is 0 Å². The van der Waals surface area contributed by atoms with Crippen LogP contribution in [0.5, 0.6) is 0 Å². The Balaban J connectivity index is 2.89. The number of aromatic nitrogens is 2. The van der Waals surface area contributed by atoms with Gasteiger partial charge in [0.1, 0.15) is 11.5 Å². The summed E-state index contributed by atoms with van der Waals surface area (Å²) >= 11 is 5.98. The number of ether oxygens (including phenoxy) is 2. The van der Waals surface area contributed by atoms with Crippen molar-refractivity contribution >= 4 is 17.5 Å². The summed E-state index contributed by atoms with van der Waals surface area (Å²) < 4.78 is 10.2. The Hall–Kier alpha value is -1.24. The van der Waals surface area contributed by atoms with Gasteiger partial charge in [-0.05, 0) is 6.92 Å². The number of carbonyl (C=O) groups excluding carboxylic acids is 1. The fourth-order valence-electron chi connectivity index (χ4n) is 1.67. The van der Waals surface area contributed by atoms with Crippen molar-refractivity contribution in [3.8, 4) is 0 Å². The second kappa shape index (κ2) is 7.52. The molecule has 1 unspecified atom stereocenters. The normalized spacial score (nSPS) is 12.8. The van der Waals surface area contributed by atoms with Crippen molar-refractivity contribution < 1.29 is 14.3 Å². The number of nitrogens with one attached hydrogen (secondary N) is 1. The maximum Gasteiger partial charge on any atom is 0.271 e. The summed E-state index contributed by atoms with van der Waals surface area (Å²) in [5.74, 6) is 0.301. The van der Waals surface area contributed by atoms with Crippen molar-refractivity contribution in [3.05, 3.63) is 22.7 Å². The van der Waals surface area contributed by atoms with E-state index in [0.29, 0.717) is 5.82 Å². The van der Waals surface area contributed by atoms with E-state index in [9.17, 15) is 4.79 Å². The molecule has 0 fully saturated rings. The molecule has 0 aromatic carbocycles. The molecule has 0 saturated heterocycles. The number of hydrogen-bond donors (Lipinski definition) is 1. The molecular weight excluding hydrogens is 282 g/mol. The summed E-state index contributed by atoms with van der Waals surface area (Å²) in [6, 6.07) is -0.342. The smallest absolute Gasteiger partial charge is 0.271 e. The Morgan fingerprint density at radius 2 is 1.90 bits per heavy atom. The molecule has 0 aliphatic heterocycles. The van der Waals surface area contributed by atoms with Crippen LogP contribution < -0.4 is 5.32 Å². The summed E-state index contributed by atoms with van der Waals surface area (Å²) in [6.45, 7) is 5.66. The molecule has 1 aromatic heterocycles. The van der Waals surface area contributed by atoms with E-state index in [2.05, 4.69) is 15.3 Å². The van der Waals surface area contributed by atoms with Crippen LogP contribution in [0.4, 0.5) is 0 Å². The summed E-state index contributed by atoms with van der Waals surface area (Å²) in [5.41, 5.74) is 0.156. The SMILES string of the molecule is COC(OC)C(C)NC(=O)c1nc(C(C)C)ncc1Cl. The second-order valence-corrected chi connectivity index (χ2v) is 5.09. The molecule has 112 valence electrons. The molecule has 0 aliphatic carbocycles. The van der Waals surface area contributed by atoms with Crippen LogP contribution in [-0.2, 0) is 9.47 Å². The number of nitrogens with zero attached hydrogens (tertiary/aromatic N) is 2. The van der Waals surface area contributed by atoms with Gasteiger partial charge in [-0.25, -0.2) is 9.97 Å². The van der Waals surface area contributed by atoms with E-state index >= 15 is 0 Å². The maximum absolute atomic E-state index is 12.2. The standard InChI is InChI=1S/C13H20ClN3O3/c1-7(2)11-15-6-9(14)10(17-11)12(18)16-8(3)13(19-4)20-5/h6-8,13H,1-5H3,(H,16,18). The predicted octanol–water partition coefficient (Wildman–Crippen LogP) is 1.99. The molecule has 0 saturated carbocycles. The Labute approximate surface area is 123 Å². The van der Waals surface area contributed by atoms with E-state index in [0.717, 1.165) is 0 Å². The van der Waals surface area contributed by atoms with Gasteiger partial charge < -0.3 is 14.8 Å². The molecule has 1 aromatic rings. The van der Waals surface area contributed by atoms with Crippen molar-refractivity contribution in [2.24, 2.45) is 0 Å². The van der Waals surface area contributed by atoms with Gasteiger partial charge in [-0.1, -0.05) is 25.4 Å². The first-order chi connectivity index (χ1) is 9.40. The highest BCUT2D eigenvalue weighted by atomic mass is 35.5. The topological polar surface area (TPSA) is 73.3 Å². The van der Waals surface area contributed by atoms with Gasteiger partial charge >= 0.3 is 0 Å².